The Morgan fingerprint density at radius 2 is 1.76 bits per heavy atom. The molecule has 0 radical (unpaired) electrons. The summed E-state index contributed by atoms with van der Waals surface area (Å²) in [5.41, 5.74) is 0. The average Bonchev–Trinajstić information content (AvgIpc) is 2.39. The van der Waals surface area contributed by atoms with Gasteiger partial charge in [-0.15, -0.1) is 6.58 Å². The highest BCUT2D eigenvalue weighted by Crippen LogP contribution is 2.08. The van der Waals surface area contributed by atoms with Gasteiger partial charge in [0.25, 0.3) is 0 Å². The lowest BCUT2D eigenvalue weighted by atomic mass is 10.1. The molecule has 0 aliphatic rings. The van der Waals surface area contributed by atoms with Gasteiger partial charge in [-0.25, -0.2) is 12.7 Å². The van der Waals surface area contributed by atoms with Gasteiger partial charge in [-0.05, 0) is 32.6 Å². The second-order valence-electron chi connectivity index (χ2n) is 5.06. The molecular weight excluding hydrogens is 290 g/mol. The van der Waals surface area contributed by atoms with Crippen LogP contribution in [0.2, 0.25) is 0 Å². The summed E-state index contributed by atoms with van der Waals surface area (Å²) in [6, 6.07) is 0. The Kier molecular flexibility index (Phi) is 11.3. The average molecular weight is 319 g/mol. The zero-order valence-corrected chi connectivity index (χ0v) is 14.2. The van der Waals surface area contributed by atoms with Crippen molar-refractivity contribution in [1.82, 2.24) is 4.31 Å². The molecule has 5 nitrogen and oxygen atoms in total. The quantitative estimate of drug-likeness (QED) is 0.297. The Balaban J connectivity index is 3.83. The fraction of sp³-hybridized carbons (Fsp3) is 0.800. The number of sulfonamides is 1. The fourth-order valence-corrected chi connectivity index (χ4v) is 2.92. The molecule has 0 amide bonds. The Bertz CT molecular complexity index is 392. The van der Waals surface area contributed by atoms with Crippen molar-refractivity contribution in [2.24, 2.45) is 0 Å². The van der Waals surface area contributed by atoms with Crippen molar-refractivity contribution in [1.29, 1.82) is 0 Å². The third kappa shape index (κ3) is 11.5. The van der Waals surface area contributed by atoms with E-state index in [4.69, 9.17) is 4.74 Å². The molecule has 0 aromatic heterocycles. The Hall–Kier alpha value is -0.880. The molecule has 0 fully saturated rings. The molecule has 0 saturated heterocycles. The number of rotatable bonds is 13. The first-order valence-electron chi connectivity index (χ1n) is 7.63. The van der Waals surface area contributed by atoms with Crippen LogP contribution >= 0.6 is 0 Å². The highest BCUT2D eigenvalue weighted by molar-refractivity contribution is 7.88. The monoisotopic (exact) mass is 319 g/mol. The lowest BCUT2D eigenvalue weighted by Gasteiger charge is -2.19. The summed E-state index contributed by atoms with van der Waals surface area (Å²) in [5.74, 6) is -0.153. The summed E-state index contributed by atoms with van der Waals surface area (Å²) in [7, 11) is -3.13. The number of allylic oxidation sites excluding steroid dienone is 1. The van der Waals surface area contributed by atoms with Crippen LogP contribution in [0.5, 0.6) is 0 Å². The molecule has 0 unspecified atom stereocenters. The molecule has 0 saturated carbocycles. The van der Waals surface area contributed by atoms with Crippen LogP contribution in [0.4, 0.5) is 0 Å². The molecule has 0 spiro atoms. The fourth-order valence-electron chi connectivity index (χ4n) is 2.00. The number of carbonyl (C=O) groups excluding carboxylic acids is 1. The van der Waals surface area contributed by atoms with Crippen LogP contribution in [-0.2, 0) is 19.6 Å². The van der Waals surface area contributed by atoms with Crippen molar-refractivity contribution < 1.29 is 17.9 Å². The van der Waals surface area contributed by atoms with Crippen LogP contribution in [0.3, 0.4) is 0 Å². The van der Waals surface area contributed by atoms with E-state index in [1.165, 1.54) is 10.6 Å². The largest absolute Gasteiger partial charge is 0.466 e. The van der Waals surface area contributed by atoms with Gasteiger partial charge >= 0.3 is 5.97 Å². The van der Waals surface area contributed by atoms with Gasteiger partial charge < -0.3 is 4.74 Å². The smallest absolute Gasteiger partial charge is 0.305 e. The van der Waals surface area contributed by atoms with E-state index >= 15 is 0 Å². The maximum Gasteiger partial charge on any atom is 0.305 e. The molecule has 21 heavy (non-hydrogen) atoms. The zero-order valence-electron chi connectivity index (χ0n) is 13.3. The standard InChI is InChI=1S/C15H29NO4S/c1-4-6-10-13-16(21(3,18)19)14-11-8-7-9-12-15(17)20-5-2/h4H,1,5-14H2,2-3H3. The van der Waals surface area contributed by atoms with Gasteiger partial charge in [0.1, 0.15) is 0 Å². The SMILES string of the molecule is C=CCCCN(CCCCCCC(=O)OCC)S(C)(=O)=O. The minimum Gasteiger partial charge on any atom is -0.466 e. The summed E-state index contributed by atoms with van der Waals surface area (Å²) in [4.78, 5) is 11.1. The van der Waals surface area contributed by atoms with E-state index in [-0.39, 0.29) is 5.97 Å². The summed E-state index contributed by atoms with van der Waals surface area (Å²) < 4.78 is 29.7. The lowest BCUT2D eigenvalue weighted by molar-refractivity contribution is -0.143. The molecule has 0 aliphatic carbocycles. The van der Waals surface area contributed by atoms with E-state index in [9.17, 15) is 13.2 Å². The molecule has 0 bridgehead atoms. The number of nitrogens with zero attached hydrogens (tertiary/aromatic N) is 1. The highest BCUT2D eigenvalue weighted by atomic mass is 32.2. The topological polar surface area (TPSA) is 63.7 Å². The molecule has 6 heteroatoms. The second-order valence-corrected chi connectivity index (χ2v) is 7.04. The van der Waals surface area contributed by atoms with Crippen molar-refractivity contribution in [3.63, 3.8) is 0 Å². The number of ether oxygens (including phenoxy) is 1. The first-order valence-corrected chi connectivity index (χ1v) is 9.48. The van der Waals surface area contributed by atoms with E-state index in [0.717, 1.165) is 38.5 Å². The first-order chi connectivity index (χ1) is 9.91. The number of unbranched alkanes of at least 4 members (excludes halogenated alkanes) is 4. The minimum atomic E-state index is -3.13. The summed E-state index contributed by atoms with van der Waals surface area (Å²) in [6.45, 7) is 6.96. The van der Waals surface area contributed by atoms with Crippen LogP contribution in [0.15, 0.2) is 12.7 Å². The second kappa shape index (κ2) is 11.7. The van der Waals surface area contributed by atoms with E-state index in [1.54, 1.807) is 13.0 Å². The summed E-state index contributed by atoms with van der Waals surface area (Å²) >= 11 is 0. The van der Waals surface area contributed by atoms with Crippen molar-refractivity contribution in [2.75, 3.05) is 26.0 Å². The Morgan fingerprint density at radius 3 is 2.33 bits per heavy atom. The molecule has 0 aromatic rings. The van der Waals surface area contributed by atoms with Gasteiger partial charge in [-0.1, -0.05) is 18.9 Å². The molecule has 0 heterocycles. The van der Waals surface area contributed by atoms with Gasteiger partial charge in [-0.2, -0.15) is 0 Å². The molecule has 0 N–H and O–H groups in total. The highest BCUT2D eigenvalue weighted by Gasteiger charge is 2.15. The predicted molar refractivity (Wildman–Crippen MR) is 85.6 cm³/mol. The maximum absolute atomic E-state index is 11.6. The van der Waals surface area contributed by atoms with Crippen molar-refractivity contribution in [3.05, 3.63) is 12.7 Å². The van der Waals surface area contributed by atoms with Crippen LogP contribution in [-0.4, -0.2) is 44.6 Å². The third-order valence-corrected chi connectivity index (χ3v) is 4.43. The summed E-state index contributed by atoms with van der Waals surface area (Å²) in [5, 5.41) is 0. The summed E-state index contributed by atoms with van der Waals surface area (Å²) in [6.07, 6.45) is 8.60. The number of hydrogen-bond acceptors (Lipinski definition) is 4. The molecule has 0 aromatic carbocycles. The van der Waals surface area contributed by atoms with Crippen LogP contribution < -0.4 is 0 Å². The van der Waals surface area contributed by atoms with Gasteiger partial charge in [0.05, 0.1) is 12.9 Å². The van der Waals surface area contributed by atoms with E-state index in [0.29, 0.717) is 26.1 Å². The Labute approximate surface area is 129 Å². The minimum absolute atomic E-state index is 0.153. The molecule has 124 valence electrons. The van der Waals surface area contributed by atoms with Gasteiger partial charge in [-0.3, -0.25) is 4.79 Å². The zero-order chi connectivity index (χ0) is 16.1. The number of carbonyl (C=O) groups is 1. The van der Waals surface area contributed by atoms with Crippen LogP contribution in [0.1, 0.15) is 51.9 Å². The Morgan fingerprint density at radius 1 is 1.14 bits per heavy atom. The number of hydrogen-bond donors (Lipinski definition) is 0. The van der Waals surface area contributed by atoms with Crippen molar-refractivity contribution in [3.8, 4) is 0 Å². The predicted octanol–water partition coefficient (Wildman–Crippen LogP) is 2.73. The van der Waals surface area contributed by atoms with E-state index in [2.05, 4.69) is 6.58 Å². The lowest BCUT2D eigenvalue weighted by Crippen LogP contribution is -2.31. The molecular formula is C15H29NO4S. The molecule has 0 atom stereocenters. The molecule has 0 rings (SSSR count). The first kappa shape index (κ1) is 20.1. The van der Waals surface area contributed by atoms with Crippen molar-refractivity contribution in [2.45, 2.75) is 51.9 Å². The third-order valence-electron chi connectivity index (χ3n) is 3.13. The van der Waals surface area contributed by atoms with Gasteiger partial charge in [0, 0.05) is 19.5 Å². The maximum atomic E-state index is 11.6. The normalized spacial score (nSPS) is 11.6. The van der Waals surface area contributed by atoms with Crippen LogP contribution in [0.25, 0.3) is 0 Å². The van der Waals surface area contributed by atoms with Gasteiger partial charge in [0.15, 0.2) is 0 Å². The van der Waals surface area contributed by atoms with Crippen LogP contribution in [0, 0.1) is 0 Å². The number of esters is 1. The van der Waals surface area contributed by atoms with Crippen molar-refractivity contribution >= 4 is 16.0 Å². The molecule has 0 aliphatic heterocycles. The van der Waals surface area contributed by atoms with Gasteiger partial charge in [0.2, 0.25) is 10.0 Å². The van der Waals surface area contributed by atoms with E-state index in [1.807, 2.05) is 0 Å². The van der Waals surface area contributed by atoms with E-state index < -0.39 is 10.0 Å².